The van der Waals surface area contributed by atoms with Crippen LogP contribution in [0.15, 0.2) is 17.0 Å². The molecule has 9 heteroatoms. The van der Waals surface area contributed by atoms with Crippen LogP contribution < -0.4 is 5.30 Å². The zero-order valence-electron chi connectivity index (χ0n) is 20.5. The molecule has 0 aliphatic rings. The van der Waals surface area contributed by atoms with Crippen LogP contribution in [0.1, 0.15) is 99.8 Å². The van der Waals surface area contributed by atoms with Gasteiger partial charge in [-0.2, -0.15) is 0 Å². The Hall–Kier alpha value is -1.50. The summed E-state index contributed by atoms with van der Waals surface area (Å²) in [6.07, 6.45) is 11.2. The third-order valence-corrected chi connectivity index (χ3v) is 15.5. The summed E-state index contributed by atoms with van der Waals surface area (Å²) < 4.78 is 33.8. The third-order valence-electron chi connectivity index (χ3n) is 6.91. The number of benzene rings is 1. The van der Waals surface area contributed by atoms with E-state index in [0.717, 1.165) is 76.0 Å². The number of rotatable bonds is 16. The molecular weight excluding hydrogens is 463 g/mol. The molecule has 1 rings (SSSR count). The topological polar surface area (TPSA) is 129 Å². The van der Waals surface area contributed by atoms with E-state index in [-0.39, 0.29) is 0 Å². The molecule has 190 valence electrons. The van der Waals surface area contributed by atoms with Gasteiger partial charge < -0.3 is 0 Å². The van der Waals surface area contributed by atoms with E-state index in [2.05, 4.69) is 27.7 Å². The Labute approximate surface area is 198 Å². The van der Waals surface area contributed by atoms with Crippen LogP contribution in [0.25, 0.3) is 0 Å². The Balaban J connectivity index is 4.21. The first-order chi connectivity index (χ1) is 15.4. The van der Waals surface area contributed by atoms with Crippen LogP contribution in [0.4, 0.5) is 0 Å². The first kappa shape index (κ1) is 29.5. The maximum atomic E-state index is 12.1. The zero-order valence-corrected chi connectivity index (χ0v) is 22.2. The molecule has 0 spiro atoms. The van der Waals surface area contributed by atoms with E-state index in [4.69, 9.17) is 0 Å². The van der Waals surface area contributed by atoms with Crippen molar-refractivity contribution in [2.75, 3.05) is 24.6 Å². The number of carboxylic acid groups (broad SMARTS) is 2. The maximum absolute atomic E-state index is 12.1. The Kier molecular flexibility index (Phi) is 11.0. The van der Waals surface area contributed by atoms with E-state index in [1.165, 1.54) is 12.1 Å². The molecule has 33 heavy (non-hydrogen) atoms. The average Bonchev–Trinajstić information content (AvgIpc) is 2.77. The summed E-state index contributed by atoms with van der Waals surface area (Å²) in [6.45, 7) is 5.58. The molecule has 0 aromatic heterocycles. The van der Waals surface area contributed by atoms with Gasteiger partial charge in [0.05, 0.1) is 0 Å². The number of hydrogen-bond donors (Lipinski definition) is 3. The van der Waals surface area contributed by atoms with Crippen LogP contribution in [0.5, 0.6) is 0 Å². The van der Waals surface area contributed by atoms with E-state index in [0.29, 0.717) is 5.30 Å². The predicted octanol–water partition coefficient (Wildman–Crippen LogP) is 5.71. The molecule has 0 unspecified atom stereocenters. The second-order valence-corrected chi connectivity index (χ2v) is 16.8. The quantitative estimate of drug-likeness (QED) is 0.194. The normalized spacial score (nSPS) is 13.4. The van der Waals surface area contributed by atoms with Gasteiger partial charge in [-0.25, -0.2) is 0 Å². The molecule has 1 aromatic carbocycles. The molecular formula is C24H41O7PS. The van der Waals surface area contributed by atoms with Gasteiger partial charge in [-0.15, -0.1) is 0 Å². The van der Waals surface area contributed by atoms with Crippen molar-refractivity contribution in [3.63, 3.8) is 0 Å². The molecule has 0 fully saturated rings. The Bertz CT molecular complexity index is 862. The number of carboxylic acids is 2. The van der Waals surface area contributed by atoms with Gasteiger partial charge in [-0.3, -0.25) is 0 Å². The third kappa shape index (κ3) is 6.77. The first-order valence-electron chi connectivity index (χ1n) is 12.0. The summed E-state index contributed by atoms with van der Waals surface area (Å²) in [5, 5.41) is 20.4. The summed E-state index contributed by atoms with van der Waals surface area (Å²) in [5.41, 5.74) is -1.30. The summed E-state index contributed by atoms with van der Waals surface area (Å²) >= 11 is 0. The van der Waals surface area contributed by atoms with Gasteiger partial charge in [0.15, 0.2) is 0 Å². The van der Waals surface area contributed by atoms with E-state index in [1.807, 2.05) is 0 Å². The number of aromatic carboxylic acids is 2. The molecule has 0 amide bonds. The minimum atomic E-state index is -5.05. The van der Waals surface area contributed by atoms with Crippen LogP contribution in [0.3, 0.4) is 0 Å². The molecule has 7 nitrogen and oxygen atoms in total. The van der Waals surface area contributed by atoms with Gasteiger partial charge in [0, 0.05) is 0 Å². The fourth-order valence-corrected chi connectivity index (χ4v) is 13.8. The summed E-state index contributed by atoms with van der Waals surface area (Å²) in [6, 6.07) is 2.76. The van der Waals surface area contributed by atoms with Gasteiger partial charge in [0.2, 0.25) is 0 Å². The van der Waals surface area contributed by atoms with Crippen LogP contribution in [-0.4, -0.2) is 59.8 Å². The van der Waals surface area contributed by atoms with Crippen molar-refractivity contribution >= 4 is 34.0 Å². The van der Waals surface area contributed by atoms with Crippen molar-refractivity contribution in [3.8, 4) is 0 Å². The van der Waals surface area contributed by atoms with E-state index < -0.39 is 44.7 Å². The summed E-state index contributed by atoms with van der Waals surface area (Å²) in [7, 11) is -5.05. The van der Waals surface area contributed by atoms with Crippen LogP contribution in [0.2, 0.25) is 0 Å². The Morgan fingerprint density at radius 1 is 0.727 bits per heavy atom. The molecule has 0 atom stereocenters. The zero-order chi connectivity index (χ0) is 25.3. The van der Waals surface area contributed by atoms with Gasteiger partial charge in [0.25, 0.3) is 0 Å². The summed E-state index contributed by atoms with van der Waals surface area (Å²) in [4.78, 5) is 23.2. The summed E-state index contributed by atoms with van der Waals surface area (Å²) in [5.74, 6) is -3.11. The molecule has 0 aliphatic heterocycles. The van der Waals surface area contributed by atoms with Crippen molar-refractivity contribution < 1.29 is 32.8 Å². The number of carbonyl (C=O) groups is 2. The standard InChI is InChI=1S/C24H41O7PS/c1-5-9-13-32(14-10-6-2,15-11-7-3,16-12-8-4)19-17-20(23(25)26)22(33(29,30)31)21(18-19)24(27)28/h17-18H,5-16H2,1-4H3,(H,25,26)(H,27,28)(H,29,30,31). The van der Waals surface area contributed by atoms with E-state index in [9.17, 15) is 32.8 Å². The molecule has 0 heterocycles. The molecule has 0 aliphatic carbocycles. The van der Waals surface area contributed by atoms with Crippen molar-refractivity contribution in [1.82, 2.24) is 0 Å². The second kappa shape index (κ2) is 12.3. The van der Waals surface area contributed by atoms with Gasteiger partial charge in [-0.05, 0) is 0 Å². The van der Waals surface area contributed by atoms with E-state index in [1.54, 1.807) is 0 Å². The average molecular weight is 505 g/mol. The molecule has 3 N–H and O–H groups in total. The van der Waals surface area contributed by atoms with Crippen LogP contribution >= 0.6 is 6.60 Å². The molecule has 0 radical (unpaired) electrons. The van der Waals surface area contributed by atoms with Crippen LogP contribution in [-0.2, 0) is 10.1 Å². The van der Waals surface area contributed by atoms with Crippen LogP contribution in [0, 0.1) is 0 Å². The molecule has 0 bridgehead atoms. The molecule has 0 saturated heterocycles. The molecule has 0 saturated carbocycles. The van der Waals surface area contributed by atoms with Crippen molar-refractivity contribution in [1.29, 1.82) is 0 Å². The van der Waals surface area contributed by atoms with Gasteiger partial charge in [-0.1, -0.05) is 0 Å². The Morgan fingerprint density at radius 3 is 1.24 bits per heavy atom. The SMILES string of the molecule is CCCCP(CCCC)(CCCC)(CCCC)c1cc(C(=O)O)c(S(=O)(=O)O)c(C(=O)O)c1. The predicted molar refractivity (Wildman–Crippen MR) is 136 cm³/mol. The first-order valence-corrected chi connectivity index (χ1v) is 16.5. The fourth-order valence-electron chi connectivity index (χ4n) is 5.05. The van der Waals surface area contributed by atoms with Crippen molar-refractivity contribution in [3.05, 3.63) is 23.3 Å². The molecule has 1 aromatic rings. The Morgan fingerprint density at radius 2 is 1.03 bits per heavy atom. The monoisotopic (exact) mass is 504 g/mol. The van der Waals surface area contributed by atoms with Crippen molar-refractivity contribution in [2.24, 2.45) is 0 Å². The number of unbranched alkanes of at least 4 members (excludes halogenated alkanes) is 4. The van der Waals surface area contributed by atoms with Gasteiger partial charge in [0.1, 0.15) is 0 Å². The minimum absolute atomic E-state index is 0.651. The van der Waals surface area contributed by atoms with Crippen molar-refractivity contribution in [2.45, 2.75) is 84.0 Å². The van der Waals surface area contributed by atoms with Gasteiger partial charge >= 0.3 is 199 Å². The fraction of sp³-hybridized carbons (Fsp3) is 0.667. The number of hydrogen-bond acceptors (Lipinski definition) is 4. The van der Waals surface area contributed by atoms with E-state index >= 15 is 0 Å². The second-order valence-electron chi connectivity index (χ2n) is 9.24.